The number of carbonyl (C=O) groups is 1. The van der Waals surface area contributed by atoms with Crippen LogP contribution in [-0.4, -0.2) is 26.2 Å². The molecule has 0 bridgehead atoms. The van der Waals surface area contributed by atoms with Gasteiger partial charge in [-0.25, -0.2) is 18.7 Å². The van der Waals surface area contributed by atoms with E-state index in [0.717, 1.165) is 23.9 Å². The monoisotopic (exact) mass is 472 g/mol. The van der Waals surface area contributed by atoms with Crippen LogP contribution in [-0.2, 0) is 4.79 Å². The van der Waals surface area contributed by atoms with E-state index in [2.05, 4.69) is 15.3 Å². The summed E-state index contributed by atoms with van der Waals surface area (Å²) in [7, 11) is 0. The van der Waals surface area contributed by atoms with Crippen molar-refractivity contribution in [1.29, 1.82) is 0 Å². The Kier molecular flexibility index (Phi) is 6.33. The molecule has 0 saturated heterocycles. The number of benzene rings is 2. The van der Waals surface area contributed by atoms with Gasteiger partial charge in [-0.3, -0.25) is 14.2 Å². The number of hydrogen-bond acceptors (Lipinski definition) is 6. The molecule has 2 aromatic carbocycles. The van der Waals surface area contributed by atoms with Gasteiger partial charge in [0, 0.05) is 17.0 Å². The van der Waals surface area contributed by atoms with E-state index >= 15 is 0 Å². The van der Waals surface area contributed by atoms with Gasteiger partial charge in [0.05, 0.1) is 22.3 Å². The van der Waals surface area contributed by atoms with Crippen molar-refractivity contribution >= 4 is 45.0 Å². The van der Waals surface area contributed by atoms with Crippen molar-refractivity contribution in [2.24, 2.45) is 0 Å². The van der Waals surface area contributed by atoms with Crippen LogP contribution >= 0.6 is 23.1 Å². The van der Waals surface area contributed by atoms with Gasteiger partial charge in [0.2, 0.25) is 5.91 Å². The molecule has 2 heterocycles. The molecule has 32 heavy (non-hydrogen) atoms. The molecule has 0 fully saturated rings. The van der Waals surface area contributed by atoms with Gasteiger partial charge in [0.25, 0.3) is 5.56 Å². The number of halogens is 2. The van der Waals surface area contributed by atoms with E-state index in [1.807, 2.05) is 19.9 Å². The summed E-state index contributed by atoms with van der Waals surface area (Å²) in [5.74, 6) is -2.19. The van der Waals surface area contributed by atoms with Crippen LogP contribution in [0.3, 0.4) is 0 Å². The van der Waals surface area contributed by atoms with E-state index in [1.54, 1.807) is 28.1 Å². The first kappa shape index (κ1) is 22.1. The highest BCUT2D eigenvalue weighted by atomic mass is 32.2. The summed E-state index contributed by atoms with van der Waals surface area (Å²) in [6.07, 6.45) is 0. The molecule has 0 aliphatic heterocycles. The molecule has 0 aliphatic rings. The third kappa shape index (κ3) is 4.56. The molecule has 0 saturated carbocycles. The van der Waals surface area contributed by atoms with Crippen molar-refractivity contribution in [2.75, 3.05) is 11.1 Å². The van der Waals surface area contributed by atoms with Crippen LogP contribution in [0.1, 0.15) is 19.9 Å². The van der Waals surface area contributed by atoms with E-state index in [4.69, 9.17) is 0 Å². The smallest absolute Gasteiger partial charge is 0.262 e. The maximum atomic E-state index is 13.5. The molecule has 0 spiro atoms. The van der Waals surface area contributed by atoms with Crippen LogP contribution < -0.4 is 10.9 Å². The predicted molar refractivity (Wildman–Crippen MR) is 123 cm³/mol. The summed E-state index contributed by atoms with van der Waals surface area (Å²) in [5, 5.41) is 5.67. The fourth-order valence-electron chi connectivity index (χ4n) is 3.09. The molecule has 0 radical (unpaired) electrons. The lowest BCUT2D eigenvalue weighted by Crippen LogP contribution is -2.25. The lowest BCUT2D eigenvalue weighted by molar-refractivity contribution is -0.113. The number of para-hydroxylation sites is 1. The van der Waals surface area contributed by atoms with Gasteiger partial charge < -0.3 is 5.32 Å². The van der Waals surface area contributed by atoms with Crippen molar-refractivity contribution < 1.29 is 13.6 Å². The van der Waals surface area contributed by atoms with E-state index in [1.165, 1.54) is 17.4 Å². The van der Waals surface area contributed by atoms with Crippen LogP contribution in [0.15, 0.2) is 57.8 Å². The molecule has 0 unspecified atom stereocenters. The SMILES string of the molecule is CC(C)n1c(SCC(=O)Nc2nc(-c3ccc(F)c(F)c3)cs2)nc2ccccc2c1=O. The molecule has 4 rings (SSSR count). The predicted octanol–water partition coefficient (Wildman–Crippen LogP) is 5.11. The van der Waals surface area contributed by atoms with Gasteiger partial charge in [0.1, 0.15) is 0 Å². The second-order valence-corrected chi connectivity index (χ2v) is 8.98. The average Bonchev–Trinajstić information content (AvgIpc) is 3.22. The Bertz CT molecular complexity index is 1370. The van der Waals surface area contributed by atoms with Crippen molar-refractivity contribution in [3.05, 3.63) is 69.8 Å². The largest absolute Gasteiger partial charge is 0.301 e. The standard InChI is InChI=1S/C22H18F2N4O2S2/c1-12(2)28-20(30)14-5-3-4-6-17(14)26-22(28)32-11-19(29)27-21-25-18(10-31-21)13-7-8-15(23)16(24)9-13/h3-10,12H,11H2,1-2H3,(H,25,27,29). The molecule has 6 nitrogen and oxygen atoms in total. The zero-order valence-electron chi connectivity index (χ0n) is 17.1. The zero-order valence-corrected chi connectivity index (χ0v) is 18.8. The molecule has 10 heteroatoms. The highest BCUT2D eigenvalue weighted by Gasteiger charge is 2.16. The lowest BCUT2D eigenvalue weighted by Gasteiger charge is -2.15. The Balaban J connectivity index is 1.48. The number of carbonyl (C=O) groups excluding carboxylic acids is 1. The number of nitrogens with one attached hydrogen (secondary N) is 1. The maximum absolute atomic E-state index is 13.5. The van der Waals surface area contributed by atoms with E-state index in [0.29, 0.717) is 32.4 Å². The van der Waals surface area contributed by atoms with E-state index in [9.17, 15) is 18.4 Å². The number of rotatable bonds is 6. The number of aromatic nitrogens is 3. The van der Waals surface area contributed by atoms with Crippen LogP contribution in [0.4, 0.5) is 13.9 Å². The number of amides is 1. The molecule has 2 aromatic heterocycles. The van der Waals surface area contributed by atoms with Gasteiger partial charge in [-0.05, 0) is 44.2 Å². The fourth-order valence-corrected chi connectivity index (χ4v) is 4.75. The molecule has 0 atom stereocenters. The number of thioether (sulfide) groups is 1. The third-order valence-electron chi connectivity index (χ3n) is 4.59. The molecular formula is C22H18F2N4O2S2. The fraction of sp³-hybridized carbons (Fsp3) is 0.182. The second kappa shape index (κ2) is 9.17. The average molecular weight is 473 g/mol. The first-order valence-corrected chi connectivity index (χ1v) is 11.5. The van der Waals surface area contributed by atoms with Gasteiger partial charge in [-0.1, -0.05) is 23.9 Å². The summed E-state index contributed by atoms with van der Waals surface area (Å²) in [6, 6.07) is 10.5. The van der Waals surface area contributed by atoms with Crippen molar-refractivity contribution in [3.8, 4) is 11.3 Å². The number of fused-ring (bicyclic) bond motifs is 1. The van der Waals surface area contributed by atoms with E-state index in [-0.39, 0.29) is 23.3 Å². The van der Waals surface area contributed by atoms with Gasteiger partial charge >= 0.3 is 0 Å². The quantitative estimate of drug-likeness (QED) is 0.312. The van der Waals surface area contributed by atoms with Crippen LogP contribution in [0.5, 0.6) is 0 Å². The van der Waals surface area contributed by atoms with Crippen LogP contribution in [0.2, 0.25) is 0 Å². The molecule has 0 aliphatic carbocycles. The van der Waals surface area contributed by atoms with Crippen molar-refractivity contribution in [3.63, 3.8) is 0 Å². The minimum atomic E-state index is -0.962. The Hall–Kier alpha value is -3.11. The Labute approximate surface area is 190 Å². The van der Waals surface area contributed by atoms with E-state index < -0.39 is 11.6 Å². The summed E-state index contributed by atoms with van der Waals surface area (Å²) in [5.41, 5.74) is 1.27. The van der Waals surface area contributed by atoms with Crippen LogP contribution in [0.25, 0.3) is 22.2 Å². The molecule has 1 amide bonds. The van der Waals surface area contributed by atoms with Crippen molar-refractivity contribution in [1.82, 2.24) is 14.5 Å². The summed E-state index contributed by atoms with van der Waals surface area (Å²) in [6.45, 7) is 3.77. The number of hydrogen-bond donors (Lipinski definition) is 1. The zero-order chi connectivity index (χ0) is 22.8. The molecule has 1 N–H and O–H groups in total. The Morgan fingerprint density at radius 3 is 2.69 bits per heavy atom. The third-order valence-corrected chi connectivity index (χ3v) is 6.30. The lowest BCUT2D eigenvalue weighted by atomic mass is 10.2. The minimum absolute atomic E-state index is 0.0254. The number of anilines is 1. The molecule has 4 aromatic rings. The normalized spacial score (nSPS) is 11.3. The topological polar surface area (TPSA) is 76.9 Å². The van der Waals surface area contributed by atoms with Gasteiger partial charge in [-0.2, -0.15) is 0 Å². The van der Waals surface area contributed by atoms with Gasteiger partial charge in [0.15, 0.2) is 21.9 Å². The second-order valence-electron chi connectivity index (χ2n) is 7.18. The molecule has 164 valence electrons. The summed E-state index contributed by atoms with van der Waals surface area (Å²) in [4.78, 5) is 34.2. The first-order chi connectivity index (χ1) is 15.3. The highest BCUT2D eigenvalue weighted by molar-refractivity contribution is 7.99. The summed E-state index contributed by atoms with van der Waals surface area (Å²) < 4.78 is 28.2. The van der Waals surface area contributed by atoms with Gasteiger partial charge in [-0.15, -0.1) is 11.3 Å². The Morgan fingerprint density at radius 1 is 1.16 bits per heavy atom. The maximum Gasteiger partial charge on any atom is 0.262 e. The minimum Gasteiger partial charge on any atom is -0.301 e. The highest BCUT2D eigenvalue weighted by Crippen LogP contribution is 2.27. The first-order valence-electron chi connectivity index (χ1n) is 9.68. The number of nitrogens with zero attached hydrogens (tertiary/aromatic N) is 3. The van der Waals surface area contributed by atoms with Crippen molar-refractivity contribution in [2.45, 2.75) is 25.0 Å². The number of thiazole rings is 1. The molecular weight excluding hydrogens is 454 g/mol. The van der Waals surface area contributed by atoms with Crippen LogP contribution in [0, 0.1) is 11.6 Å². The Morgan fingerprint density at radius 2 is 1.94 bits per heavy atom. The summed E-state index contributed by atoms with van der Waals surface area (Å²) >= 11 is 2.34.